The number of nitriles is 1. The number of aryl methyl sites for hydroxylation is 1. The van der Waals surface area contributed by atoms with Gasteiger partial charge in [0, 0.05) is 24.0 Å². The first-order valence-electron chi connectivity index (χ1n) is 9.39. The van der Waals surface area contributed by atoms with Crippen molar-refractivity contribution in [1.82, 2.24) is 4.31 Å². The second kappa shape index (κ2) is 8.95. The van der Waals surface area contributed by atoms with E-state index in [1.807, 2.05) is 13.0 Å². The number of hydrogen-bond donors (Lipinski definition) is 1. The molecule has 6 nitrogen and oxygen atoms in total. The molecule has 0 radical (unpaired) electrons. The molecule has 152 valence electrons. The molecule has 1 saturated heterocycles. The molecule has 3 rings (SSSR count). The highest BCUT2D eigenvalue weighted by Crippen LogP contribution is 2.28. The molecule has 29 heavy (non-hydrogen) atoms. The number of nitrogens with zero attached hydrogens (tertiary/aromatic N) is 2. The van der Waals surface area contributed by atoms with Crippen molar-refractivity contribution in [3.8, 4) is 6.07 Å². The summed E-state index contributed by atoms with van der Waals surface area (Å²) in [4.78, 5) is 12.9. The van der Waals surface area contributed by atoms with Crippen LogP contribution in [0.2, 0.25) is 5.02 Å². The second-order valence-corrected chi connectivity index (χ2v) is 9.46. The number of rotatable bonds is 5. The van der Waals surface area contributed by atoms with Gasteiger partial charge in [0.15, 0.2) is 0 Å². The van der Waals surface area contributed by atoms with Crippen molar-refractivity contribution in [2.45, 2.75) is 43.5 Å². The zero-order chi connectivity index (χ0) is 21.0. The lowest BCUT2D eigenvalue weighted by atomic mass is 10.0. The zero-order valence-electron chi connectivity index (χ0n) is 16.1. The van der Waals surface area contributed by atoms with Crippen LogP contribution in [0, 0.1) is 18.3 Å². The molecule has 0 aliphatic carbocycles. The molecule has 1 N–H and O–H groups in total. The summed E-state index contributed by atoms with van der Waals surface area (Å²) in [7, 11) is -3.69. The Balaban J connectivity index is 1.78. The van der Waals surface area contributed by atoms with Crippen LogP contribution >= 0.6 is 11.6 Å². The third-order valence-corrected chi connectivity index (χ3v) is 7.20. The summed E-state index contributed by atoms with van der Waals surface area (Å²) in [6, 6.07) is 12.9. The van der Waals surface area contributed by atoms with Gasteiger partial charge in [0.2, 0.25) is 15.9 Å². The summed E-state index contributed by atoms with van der Waals surface area (Å²) in [5.74, 6) is -0.347. The van der Waals surface area contributed by atoms with Gasteiger partial charge in [0.1, 0.15) is 6.07 Å². The minimum Gasteiger partial charge on any atom is -0.325 e. The van der Waals surface area contributed by atoms with Crippen LogP contribution in [0.25, 0.3) is 0 Å². The molecular weight excluding hydrogens is 410 g/mol. The quantitative estimate of drug-likeness (QED) is 0.771. The Labute approximate surface area is 176 Å². The van der Waals surface area contributed by atoms with E-state index in [4.69, 9.17) is 11.6 Å². The number of carbonyl (C=O) groups is 1. The molecule has 2 aromatic rings. The maximum atomic E-state index is 13.1. The standard InChI is InChI=1S/C21H22ClN3O3S/c1-15-5-9-19(10-6-15)29(27,28)25-11-3-2-4-18(25)13-21(26)24-20-12-17(22)8-7-16(20)14-23/h5-10,12,18H,2-4,11,13H2,1H3,(H,24,26). The summed E-state index contributed by atoms with van der Waals surface area (Å²) in [5.41, 5.74) is 1.61. The van der Waals surface area contributed by atoms with Gasteiger partial charge in [-0.05, 0) is 50.1 Å². The minimum atomic E-state index is -3.69. The van der Waals surface area contributed by atoms with Gasteiger partial charge in [0.05, 0.1) is 16.1 Å². The monoisotopic (exact) mass is 431 g/mol. The van der Waals surface area contributed by atoms with Crippen LogP contribution in [0.4, 0.5) is 5.69 Å². The fourth-order valence-electron chi connectivity index (χ4n) is 3.47. The van der Waals surface area contributed by atoms with E-state index in [0.717, 1.165) is 18.4 Å². The van der Waals surface area contributed by atoms with Gasteiger partial charge in [-0.1, -0.05) is 35.7 Å². The molecule has 1 atom stereocenters. The normalized spacial score (nSPS) is 17.5. The summed E-state index contributed by atoms with van der Waals surface area (Å²) < 4.78 is 27.7. The maximum Gasteiger partial charge on any atom is 0.243 e. The number of amides is 1. The molecule has 1 heterocycles. The van der Waals surface area contributed by atoms with Crippen molar-refractivity contribution in [2.75, 3.05) is 11.9 Å². The van der Waals surface area contributed by atoms with Crippen molar-refractivity contribution in [2.24, 2.45) is 0 Å². The molecule has 0 saturated carbocycles. The van der Waals surface area contributed by atoms with E-state index < -0.39 is 16.1 Å². The van der Waals surface area contributed by atoms with E-state index >= 15 is 0 Å². The van der Waals surface area contributed by atoms with Gasteiger partial charge in [0.25, 0.3) is 0 Å². The zero-order valence-corrected chi connectivity index (χ0v) is 17.6. The number of piperidine rings is 1. The summed E-state index contributed by atoms with van der Waals surface area (Å²) in [6.07, 6.45) is 2.25. The Kier molecular flexibility index (Phi) is 6.58. The van der Waals surface area contributed by atoms with E-state index in [9.17, 15) is 18.5 Å². The fourth-order valence-corrected chi connectivity index (χ4v) is 5.34. The molecular formula is C21H22ClN3O3S. The van der Waals surface area contributed by atoms with E-state index in [2.05, 4.69) is 5.32 Å². The molecule has 1 fully saturated rings. The SMILES string of the molecule is Cc1ccc(S(=O)(=O)N2CCCCC2CC(=O)Nc2cc(Cl)ccc2C#N)cc1. The van der Waals surface area contributed by atoms with Gasteiger partial charge >= 0.3 is 0 Å². The molecule has 1 aliphatic rings. The lowest BCUT2D eigenvalue weighted by molar-refractivity contribution is -0.117. The van der Waals surface area contributed by atoms with Gasteiger partial charge in [-0.2, -0.15) is 9.57 Å². The molecule has 0 aromatic heterocycles. The van der Waals surface area contributed by atoms with Crippen molar-refractivity contribution in [1.29, 1.82) is 5.26 Å². The van der Waals surface area contributed by atoms with Crippen molar-refractivity contribution >= 4 is 33.2 Å². The van der Waals surface area contributed by atoms with Crippen molar-refractivity contribution in [3.05, 3.63) is 58.6 Å². The molecule has 1 aliphatic heterocycles. The van der Waals surface area contributed by atoms with Gasteiger partial charge < -0.3 is 5.32 Å². The number of anilines is 1. The predicted molar refractivity (Wildman–Crippen MR) is 112 cm³/mol. The second-order valence-electron chi connectivity index (χ2n) is 7.13. The number of benzene rings is 2. The van der Waals surface area contributed by atoms with Crippen LogP contribution in [0.5, 0.6) is 0 Å². The molecule has 0 bridgehead atoms. The smallest absolute Gasteiger partial charge is 0.243 e. The van der Waals surface area contributed by atoms with E-state index in [1.54, 1.807) is 30.3 Å². The van der Waals surface area contributed by atoms with Gasteiger partial charge in [-0.15, -0.1) is 0 Å². The van der Waals surface area contributed by atoms with Crippen LogP contribution in [-0.4, -0.2) is 31.2 Å². The third kappa shape index (κ3) is 4.96. The largest absolute Gasteiger partial charge is 0.325 e. The highest BCUT2D eigenvalue weighted by atomic mass is 35.5. The van der Waals surface area contributed by atoms with Crippen LogP contribution in [0.15, 0.2) is 47.4 Å². The topological polar surface area (TPSA) is 90.3 Å². The van der Waals surface area contributed by atoms with E-state index in [-0.39, 0.29) is 17.2 Å². The Morgan fingerprint density at radius 1 is 1.24 bits per heavy atom. The minimum absolute atomic E-state index is 0.0163. The highest BCUT2D eigenvalue weighted by molar-refractivity contribution is 7.89. The van der Waals surface area contributed by atoms with Crippen LogP contribution < -0.4 is 5.32 Å². The summed E-state index contributed by atoms with van der Waals surface area (Å²) >= 11 is 5.96. The van der Waals surface area contributed by atoms with Gasteiger partial charge in [-0.25, -0.2) is 8.42 Å². The Bertz CT molecular complexity index is 1050. The number of hydrogen-bond acceptors (Lipinski definition) is 4. The van der Waals surface area contributed by atoms with Crippen molar-refractivity contribution < 1.29 is 13.2 Å². The van der Waals surface area contributed by atoms with Gasteiger partial charge in [-0.3, -0.25) is 4.79 Å². The Morgan fingerprint density at radius 3 is 2.66 bits per heavy atom. The first kappa shape index (κ1) is 21.3. The van der Waals surface area contributed by atoms with Crippen LogP contribution in [0.3, 0.4) is 0 Å². The number of sulfonamides is 1. The summed E-state index contributed by atoms with van der Waals surface area (Å²) in [5, 5.41) is 12.3. The molecule has 0 spiro atoms. The Morgan fingerprint density at radius 2 is 1.97 bits per heavy atom. The lowest BCUT2D eigenvalue weighted by Gasteiger charge is -2.34. The summed E-state index contributed by atoms with van der Waals surface area (Å²) in [6.45, 7) is 2.28. The highest BCUT2D eigenvalue weighted by Gasteiger charge is 2.34. The van der Waals surface area contributed by atoms with Crippen LogP contribution in [-0.2, 0) is 14.8 Å². The molecule has 8 heteroatoms. The van der Waals surface area contributed by atoms with E-state index in [1.165, 1.54) is 16.4 Å². The first-order valence-corrected chi connectivity index (χ1v) is 11.2. The van der Waals surface area contributed by atoms with Crippen LogP contribution in [0.1, 0.15) is 36.8 Å². The molecule has 1 amide bonds. The number of carbonyl (C=O) groups excluding carboxylic acids is 1. The average molecular weight is 432 g/mol. The first-order chi connectivity index (χ1) is 13.8. The maximum absolute atomic E-state index is 13.1. The number of nitrogens with one attached hydrogen (secondary N) is 1. The van der Waals surface area contributed by atoms with Crippen molar-refractivity contribution in [3.63, 3.8) is 0 Å². The lowest BCUT2D eigenvalue weighted by Crippen LogP contribution is -2.45. The predicted octanol–water partition coefficient (Wildman–Crippen LogP) is 4.09. The Hall–Kier alpha value is -2.40. The third-order valence-electron chi connectivity index (χ3n) is 5.00. The average Bonchev–Trinajstić information content (AvgIpc) is 2.69. The molecule has 2 aromatic carbocycles. The van der Waals surface area contributed by atoms with E-state index in [0.29, 0.717) is 29.2 Å². The molecule has 1 unspecified atom stereocenters. The number of halogens is 1. The fraction of sp³-hybridized carbons (Fsp3) is 0.333.